The average molecular weight is 274 g/mol. The van der Waals surface area contributed by atoms with Crippen LogP contribution in [0.3, 0.4) is 0 Å². The number of nitrogens with zero attached hydrogens (tertiary/aromatic N) is 4. The third-order valence-electron chi connectivity index (χ3n) is 2.56. The van der Waals surface area contributed by atoms with Crippen LogP contribution in [0, 0.1) is 6.92 Å². The van der Waals surface area contributed by atoms with Crippen LogP contribution in [0.25, 0.3) is 15.6 Å². The van der Waals surface area contributed by atoms with Crippen LogP contribution >= 0.6 is 24.0 Å². The number of hydrogen-bond acceptors (Lipinski definition) is 5. The Bertz CT molecular complexity index is 673. The van der Waals surface area contributed by atoms with Crippen molar-refractivity contribution in [3.63, 3.8) is 0 Å². The molecule has 0 N–H and O–H groups in total. The van der Waals surface area contributed by atoms with Gasteiger partial charge in [-0.05, 0) is 30.7 Å². The molecule has 3 aromatic heterocycles. The molecule has 0 radical (unpaired) electrons. The Hall–Kier alpha value is -1.66. The summed E-state index contributed by atoms with van der Waals surface area (Å²) in [6, 6.07) is 6.02. The fourth-order valence-corrected chi connectivity index (χ4v) is 2.95. The predicted octanol–water partition coefficient (Wildman–Crippen LogP) is 2.99. The Morgan fingerprint density at radius 1 is 1.28 bits per heavy atom. The third kappa shape index (κ3) is 2.04. The van der Waals surface area contributed by atoms with Gasteiger partial charge in [0.1, 0.15) is 15.7 Å². The smallest absolute Gasteiger partial charge is 0.116 e. The number of imidazole rings is 1. The van der Waals surface area contributed by atoms with E-state index in [1.807, 2.05) is 23.8 Å². The summed E-state index contributed by atoms with van der Waals surface area (Å²) in [5, 5.41) is 9.94. The second-order valence-electron chi connectivity index (χ2n) is 3.84. The molecular formula is C12H10N4S2. The van der Waals surface area contributed by atoms with Gasteiger partial charge in [-0.1, -0.05) is 0 Å². The predicted molar refractivity (Wildman–Crippen MR) is 74.5 cm³/mol. The zero-order chi connectivity index (χ0) is 12.5. The Balaban J connectivity index is 2.03. The molecule has 6 heteroatoms. The molecule has 3 rings (SSSR count). The fraction of sp³-hybridized carbons (Fsp3) is 0.0833. The highest BCUT2D eigenvalue weighted by Crippen LogP contribution is 2.30. The van der Waals surface area contributed by atoms with E-state index in [1.165, 1.54) is 0 Å². The van der Waals surface area contributed by atoms with Crippen molar-refractivity contribution >= 4 is 24.0 Å². The van der Waals surface area contributed by atoms with Gasteiger partial charge in [-0.2, -0.15) is 0 Å². The average Bonchev–Trinajstić information content (AvgIpc) is 2.99. The summed E-state index contributed by atoms with van der Waals surface area (Å²) in [4.78, 5) is 5.14. The Labute approximate surface area is 114 Å². The zero-order valence-corrected chi connectivity index (χ0v) is 11.3. The van der Waals surface area contributed by atoms with Crippen LogP contribution in [-0.2, 0) is 0 Å². The minimum absolute atomic E-state index is 0.641. The number of thiophene rings is 1. The number of hydrogen-bond donors (Lipinski definition) is 1. The molecule has 4 nitrogen and oxygen atoms in total. The summed E-state index contributed by atoms with van der Waals surface area (Å²) in [7, 11) is 0. The molecular weight excluding hydrogens is 264 g/mol. The van der Waals surface area contributed by atoms with E-state index in [0.29, 0.717) is 5.03 Å². The Morgan fingerprint density at radius 2 is 2.17 bits per heavy atom. The largest absolute Gasteiger partial charge is 0.298 e. The van der Waals surface area contributed by atoms with Crippen molar-refractivity contribution in [3.8, 4) is 15.6 Å². The monoisotopic (exact) mass is 274 g/mol. The molecule has 0 atom stereocenters. The topological polar surface area (TPSA) is 43.6 Å². The van der Waals surface area contributed by atoms with Crippen LogP contribution in [0.4, 0.5) is 0 Å². The molecule has 0 aliphatic heterocycles. The highest BCUT2D eigenvalue weighted by molar-refractivity contribution is 7.80. The third-order valence-corrected chi connectivity index (χ3v) is 3.88. The minimum atomic E-state index is 0.641. The first-order chi connectivity index (χ1) is 8.74. The van der Waals surface area contributed by atoms with E-state index < -0.39 is 0 Å². The van der Waals surface area contributed by atoms with Crippen molar-refractivity contribution in [2.45, 2.75) is 11.9 Å². The minimum Gasteiger partial charge on any atom is -0.298 e. The van der Waals surface area contributed by atoms with Crippen molar-refractivity contribution < 1.29 is 0 Å². The van der Waals surface area contributed by atoms with Crippen molar-refractivity contribution in [3.05, 3.63) is 42.5 Å². The lowest BCUT2D eigenvalue weighted by Gasteiger charge is -2.01. The van der Waals surface area contributed by atoms with Crippen LogP contribution in [0.1, 0.15) is 5.56 Å². The standard InChI is InChI=1S/C12H10N4S2/c1-8-6-10(17)14-15-12(8)9-2-3-11(18-9)16-5-4-13-7-16/h2-7H,1H3,(H,14,17). The summed E-state index contributed by atoms with van der Waals surface area (Å²) in [6.45, 7) is 2.01. The van der Waals surface area contributed by atoms with Crippen LogP contribution < -0.4 is 0 Å². The van der Waals surface area contributed by atoms with Crippen LogP contribution in [-0.4, -0.2) is 19.7 Å². The number of rotatable bonds is 2. The van der Waals surface area contributed by atoms with Gasteiger partial charge in [-0.3, -0.25) is 4.57 Å². The van der Waals surface area contributed by atoms with E-state index in [1.54, 1.807) is 23.9 Å². The van der Waals surface area contributed by atoms with Crippen LogP contribution in [0.15, 0.2) is 41.9 Å². The van der Waals surface area contributed by atoms with Crippen molar-refractivity contribution in [2.24, 2.45) is 0 Å². The van der Waals surface area contributed by atoms with E-state index >= 15 is 0 Å². The molecule has 0 amide bonds. The first-order valence-electron chi connectivity index (χ1n) is 5.36. The normalized spacial score (nSPS) is 10.8. The van der Waals surface area contributed by atoms with Crippen molar-refractivity contribution in [2.75, 3.05) is 0 Å². The quantitative estimate of drug-likeness (QED) is 0.731. The molecule has 0 saturated heterocycles. The van der Waals surface area contributed by atoms with E-state index in [2.05, 4.69) is 39.9 Å². The number of aromatic nitrogens is 4. The molecule has 3 heterocycles. The molecule has 0 unspecified atom stereocenters. The van der Waals surface area contributed by atoms with E-state index in [0.717, 1.165) is 21.1 Å². The second kappa shape index (κ2) is 4.55. The molecule has 0 spiro atoms. The molecule has 0 aromatic carbocycles. The Kier molecular flexibility index (Phi) is 2.89. The number of thiol groups is 1. The fourth-order valence-electron chi connectivity index (χ4n) is 1.70. The van der Waals surface area contributed by atoms with E-state index in [4.69, 9.17) is 0 Å². The summed E-state index contributed by atoms with van der Waals surface area (Å²) >= 11 is 5.84. The highest BCUT2D eigenvalue weighted by Gasteiger charge is 2.09. The van der Waals surface area contributed by atoms with Gasteiger partial charge in [-0.25, -0.2) is 4.98 Å². The van der Waals surface area contributed by atoms with Crippen LogP contribution in [0.2, 0.25) is 0 Å². The summed E-state index contributed by atoms with van der Waals surface area (Å²) in [5.74, 6) is 0. The summed E-state index contributed by atoms with van der Waals surface area (Å²) in [5.41, 5.74) is 1.98. The molecule has 18 heavy (non-hydrogen) atoms. The first kappa shape index (κ1) is 11.4. The lowest BCUT2D eigenvalue weighted by atomic mass is 10.2. The maximum Gasteiger partial charge on any atom is 0.116 e. The number of aryl methyl sites for hydroxylation is 1. The maximum atomic E-state index is 4.20. The zero-order valence-electron chi connectivity index (χ0n) is 9.61. The maximum absolute atomic E-state index is 4.20. The van der Waals surface area contributed by atoms with E-state index in [9.17, 15) is 0 Å². The Morgan fingerprint density at radius 3 is 2.89 bits per heavy atom. The first-order valence-corrected chi connectivity index (χ1v) is 6.62. The molecule has 0 bridgehead atoms. The van der Waals surface area contributed by atoms with Gasteiger partial charge in [0, 0.05) is 12.4 Å². The molecule has 0 fully saturated rings. The van der Waals surface area contributed by atoms with Gasteiger partial charge in [0.25, 0.3) is 0 Å². The molecule has 3 aromatic rings. The molecule has 0 aliphatic rings. The second-order valence-corrected chi connectivity index (χ2v) is 5.36. The summed E-state index contributed by atoms with van der Waals surface area (Å²) in [6.07, 6.45) is 5.47. The van der Waals surface area contributed by atoms with Crippen LogP contribution in [0.5, 0.6) is 0 Å². The van der Waals surface area contributed by atoms with Gasteiger partial charge < -0.3 is 0 Å². The van der Waals surface area contributed by atoms with Gasteiger partial charge in [0.2, 0.25) is 0 Å². The molecule has 90 valence electrons. The lowest BCUT2D eigenvalue weighted by Crippen LogP contribution is -1.90. The highest BCUT2D eigenvalue weighted by atomic mass is 32.1. The van der Waals surface area contributed by atoms with Crippen molar-refractivity contribution in [1.82, 2.24) is 19.7 Å². The van der Waals surface area contributed by atoms with Gasteiger partial charge in [0.15, 0.2) is 0 Å². The van der Waals surface area contributed by atoms with Gasteiger partial charge >= 0.3 is 0 Å². The summed E-state index contributed by atoms with van der Waals surface area (Å²) < 4.78 is 1.98. The lowest BCUT2D eigenvalue weighted by molar-refractivity contribution is 0.929. The molecule has 0 saturated carbocycles. The van der Waals surface area contributed by atoms with Gasteiger partial charge in [-0.15, -0.1) is 34.2 Å². The SMILES string of the molecule is Cc1cc(S)nnc1-c1ccc(-n2ccnc2)s1. The van der Waals surface area contributed by atoms with Gasteiger partial charge in [0.05, 0.1) is 11.2 Å². The molecule has 0 aliphatic carbocycles. The van der Waals surface area contributed by atoms with E-state index in [-0.39, 0.29) is 0 Å². The van der Waals surface area contributed by atoms with Crippen molar-refractivity contribution in [1.29, 1.82) is 0 Å².